The fourth-order valence-corrected chi connectivity index (χ4v) is 5.02. The smallest absolute Gasteiger partial charge is 0.343 e. The Morgan fingerprint density at radius 2 is 1.89 bits per heavy atom. The van der Waals surface area contributed by atoms with Gasteiger partial charge in [0.1, 0.15) is 11.8 Å². The molecule has 2 N–H and O–H groups in total. The maximum atomic E-state index is 13.4. The van der Waals surface area contributed by atoms with Gasteiger partial charge in [0, 0.05) is 21.5 Å². The SMILES string of the molecule is CCOc1cc(C=NNC(=O)c2[nH]c3c(C#N)cccc3c2-c2ccccc2Cl)ccc1OC(=O)c1ccc2c(c1)OCO2. The second-order valence-electron chi connectivity index (χ2n) is 9.49. The summed E-state index contributed by atoms with van der Waals surface area (Å²) in [6.07, 6.45) is 1.43. The molecule has 1 aliphatic heterocycles. The number of nitriles is 1. The van der Waals surface area contributed by atoms with Gasteiger partial charge < -0.3 is 23.9 Å². The van der Waals surface area contributed by atoms with Crippen LogP contribution in [-0.2, 0) is 0 Å². The number of H-pyrrole nitrogens is 1. The van der Waals surface area contributed by atoms with Gasteiger partial charge in [0.25, 0.3) is 5.91 Å². The van der Waals surface area contributed by atoms with Gasteiger partial charge >= 0.3 is 5.97 Å². The van der Waals surface area contributed by atoms with Crippen LogP contribution in [0.5, 0.6) is 23.0 Å². The number of aromatic amines is 1. The van der Waals surface area contributed by atoms with E-state index >= 15 is 0 Å². The highest BCUT2D eigenvalue weighted by molar-refractivity contribution is 6.34. The van der Waals surface area contributed by atoms with Crippen LogP contribution >= 0.6 is 11.6 Å². The Kier molecular flexibility index (Phi) is 7.86. The number of hydrogen-bond donors (Lipinski definition) is 2. The molecule has 0 saturated carbocycles. The predicted molar refractivity (Wildman–Crippen MR) is 164 cm³/mol. The van der Waals surface area contributed by atoms with Gasteiger partial charge in [-0.05, 0) is 61.0 Å². The molecule has 4 aromatic carbocycles. The molecule has 0 fully saturated rings. The van der Waals surface area contributed by atoms with Crippen molar-refractivity contribution in [3.8, 4) is 40.2 Å². The van der Waals surface area contributed by atoms with Crippen molar-refractivity contribution in [2.45, 2.75) is 6.92 Å². The number of halogens is 1. The molecule has 11 heteroatoms. The van der Waals surface area contributed by atoms with Crippen LogP contribution in [-0.4, -0.2) is 36.5 Å². The molecule has 218 valence electrons. The second-order valence-corrected chi connectivity index (χ2v) is 9.90. The van der Waals surface area contributed by atoms with E-state index < -0.39 is 11.9 Å². The summed E-state index contributed by atoms with van der Waals surface area (Å²) in [5, 5.41) is 14.9. The summed E-state index contributed by atoms with van der Waals surface area (Å²) in [7, 11) is 0. The highest BCUT2D eigenvalue weighted by Gasteiger charge is 2.22. The van der Waals surface area contributed by atoms with Gasteiger partial charge in [0.2, 0.25) is 6.79 Å². The molecule has 10 nitrogen and oxygen atoms in total. The second kappa shape index (κ2) is 12.2. The lowest BCUT2D eigenvalue weighted by atomic mass is 10.0. The summed E-state index contributed by atoms with van der Waals surface area (Å²) in [5.74, 6) is 0.434. The molecule has 0 radical (unpaired) electrons. The Bertz CT molecular complexity index is 1990. The van der Waals surface area contributed by atoms with Crippen LogP contribution in [0.1, 0.15) is 38.9 Å². The number of fused-ring (bicyclic) bond motifs is 2. The van der Waals surface area contributed by atoms with Crippen molar-refractivity contribution in [3.63, 3.8) is 0 Å². The van der Waals surface area contributed by atoms with Gasteiger partial charge in [0.15, 0.2) is 23.0 Å². The topological polar surface area (TPSA) is 135 Å². The summed E-state index contributed by atoms with van der Waals surface area (Å²) in [4.78, 5) is 29.3. The molecule has 6 rings (SSSR count). The fourth-order valence-electron chi connectivity index (χ4n) is 4.79. The van der Waals surface area contributed by atoms with Crippen molar-refractivity contribution in [3.05, 3.63) is 106 Å². The first kappa shape index (κ1) is 28.3. The Balaban J connectivity index is 1.23. The van der Waals surface area contributed by atoms with Crippen molar-refractivity contribution < 1.29 is 28.5 Å². The largest absolute Gasteiger partial charge is 0.490 e. The average molecular weight is 607 g/mol. The maximum Gasteiger partial charge on any atom is 0.343 e. The number of carbonyl (C=O) groups excluding carboxylic acids is 2. The number of para-hydroxylation sites is 1. The molecular weight excluding hydrogens is 584 g/mol. The van der Waals surface area contributed by atoms with Crippen molar-refractivity contribution in [2.24, 2.45) is 5.10 Å². The van der Waals surface area contributed by atoms with Crippen LogP contribution in [0.4, 0.5) is 0 Å². The van der Waals surface area contributed by atoms with Gasteiger partial charge in [0.05, 0.1) is 29.5 Å². The van der Waals surface area contributed by atoms with Crippen LogP contribution in [0, 0.1) is 11.3 Å². The van der Waals surface area contributed by atoms with E-state index in [0.29, 0.717) is 67.6 Å². The summed E-state index contributed by atoms with van der Waals surface area (Å²) >= 11 is 6.50. The van der Waals surface area contributed by atoms with E-state index in [1.165, 1.54) is 6.21 Å². The molecule has 44 heavy (non-hydrogen) atoms. The molecular formula is C33H23ClN4O6. The highest BCUT2D eigenvalue weighted by atomic mass is 35.5. The minimum Gasteiger partial charge on any atom is -0.490 e. The zero-order valence-electron chi connectivity index (χ0n) is 23.2. The van der Waals surface area contributed by atoms with Gasteiger partial charge in [-0.3, -0.25) is 4.79 Å². The number of carbonyl (C=O) groups is 2. The first-order chi connectivity index (χ1) is 21.5. The number of ether oxygens (including phenoxy) is 4. The number of nitrogens with one attached hydrogen (secondary N) is 2. The number of aromatic nitrogens is 1. The van der Waals surface area contributed by atoms with Crippen LogP contribution in [0.3, 0.4) is 0 Å². The summed E-state index contributed by atoms with van der Waals surface area (Å²) in [5.41, 5.74) is 5.71. The van der Waals surface area contributed by atoms with E-state index in [1.54, 1.807) is 73.7 Å². The number of benzene rings is 4. The van der Waals surface area contributed by atoms with E-state index in [0.717, 1.165) is 0 Å². The number of esters is 1. The molecule has 0 bridgehead atoms. The molecule has 1 aliphatic rings. The van der Waals surface area contributed by atoms with Crippen LogP contribution in [0.15, 0.2) is 84.0 Å². The predicted octanol–water partition coefficient (Wildman–Crippen LogP) is 6.47. The first-order valence-electron chi connectivity index (χ1n) is 13.5. The van der Waals surface area contributed by atoms with E-state index in [1.807, 2.05) is 12.1 Å². The quantitative estimate of drug-likeness (QED) is 0.0894. The van der Waals surface area contributed by atoms with E-state index in [9.17, 15) is 14.9 Å². The molecule has 0 atom stereocenters. The third-order valence-corrected chi connectivity index (χ3v) is 7.11. The molecule has 2 heterocycles. The Morgan fingerprint density at radius 3 is 2.70 bits per heavy atom. The van der Waals surface area contributed by atoms with E-state index in [4.69, 9.17) is 30.5 Å². The lowest BCUT2D eigenvalue weighted by molar-refractivity contribution is 0.0727. The van der Waals surface area contributed by atoms with Crippen molar-refractivity contribution in [1.82, 2.24) is 10.4 Å². The minimum absolute atomic E-state index is 0.0955. The average Bonchev–Trinajstić information content (AvgIpc) is 3.67. The van der Waals surface area contributed by atoms with Gasteiger partial charge in [-0.2, -0.15) is 10.4 Å². The molecule has 0 aliphatic carbocycles. The lowest BCUT2D eigenvalue weighted by Crippen LogP contribution is -2.19. The third kappa shape index (κ3) is 5.52. The zero-order valence-corrected chi connectivity index (χ0v) is 24.0. The zero-order chi connectivity index (χ0) is 30.6. The minimum atomic E-state index is -0.592. The Morgan fingerprint density at radius 1 is 1.05 bits per heavy atom. The molecule has 0 unspecified atom stereocenters. The number of nitrogens with zero attached hydrogens (tertiary/aromatic N) is 2. The highest BCUT2D eigenvalue weighted by Crippen LogP contribution is 2.38. The maximum absolute atomic E-state index is 13.4. The summed E-state index contributed by atoms with van der Waals surface area (Å²) < 4.78 is 21.9. The first-order valence-corrected chi connectivity index (χ1v) is 13.9. The monoisotopic (exact) mass is 606 g/mol. The van der Waals surface area contributed by atoms with Gasteiger partial charge in [-0.15, -0.1) is 0 Å². The van der Waals surface area contributed by atoms with Crippen LogP contribution in [0.2, 0.25) is 5.02 Å². The van der Waals surface area contributed by atoms with Crippen molar-refractivity contribution in [1.29, 1.82) is 5.26 Å². The van der Waals surface area contributed by atoms with Crippen LogP contribution < -0.4 is 24.4 Å². The molecule has 5 aromatic rings. The van der Waals surface area contributed by atoms with Gasteiger partial charge in [-0.1, -0.05) is 41.9 Å². The van der Waals surface area contributed by atoms with Crippen LogP contribution in [0.25, 0.3) is 22.0 Å². The van der Waals surface area contributed by atoms with E-state index in [-0.39, 0.29) is 18.2 Å². The normalized spacial score (nSPS) is 11.8. The lowest BCUT2D eigenvalue weighted by Gasteiger charge is -2.11. The number of hydrogen-bond acceptors (Lipinski definition) is 8. The van der Waals surface area contributed by atoms with Gasteiger partial charge in [-0.25, -0.2) is 10.2 Å². The molecule has 0 spiro atoms. The molecule has 1 amide bonds. The standard InChI is InChI=1S/C33H23ClN4O6/c1-2-41-27-14-19(10-12-26(27)44-33(40)20-11-13-25-28(15-20)43-18-42-25)17-36-38-32(39)31-29(22-7-3-4-9-24(22)34)23-8-5-6-21(16-35)30(23)37-31/h3-15,17,37H,2,18H2,1H3,(H,38,39). The summed E-state index contributed by atoms with van der Waals surface area (Å²) in [6.45, 7) is 2.22. The molecule has 1 aromatic heterocycles. The fraction of sp³-hybridized carbons (Fsp3) is 0.0909. The van der Waals surface area contributed by atoms with E-state index in [2.05, 4.69) is 21.6 Å². The molecule has 0 saturated heterocycles. The third-order valence-electron chi connectivity index (χ3n) is 6.78. The van der Waals surface area contributed by atoms with Crippen molar-refractivity contribution in [2.75, 3.05) is 13.4 Å². The number of hydrazone groups is 1. The number of rotatable bonds is 8. The van der Waals surface area contributed by atoms with Crippen molar-refractivity contribution >= 4 is 40.6 Å². The Hall–Kier alpha value is -5.79. The summed E-state index contributed by atoms with van der Waals surface area (Å²) in [6, 6.07) is 24.2. The Labute approximate surface area is 256 Å². The number of amides is 1.